The maximum absolute atomic E-state index is 12.2. The van der Waals surface area contributed by atoms with Gasteiger partial charge in [0.1, 0.15) is 5.75 Å². The van der Waals surface area contributed by atoms with Crippen molar-refractivity contribution >= 4 is 33.8 Å². The molecule has 0 saturated carbocycles. The molecule has 0 bridgehead atoms. The Kier molecular flexibility index (Phi) is 5.68. The van der Waals surface area contributed by atoms with Gasteiger partial charge in [-0.3, -0.25) is 9.59 Å². The first-order chi connectivity index (χ1) is 12.6. The molecule has 0 radical (unpaired) electrons. The molecule has 134 valence electrons. The molecule has 2 aromatic carbocycles. The summed E-state index contributed by atoms with van der Waals surface area (Å²) in [4.78, 5) is 24.2. The maximum Gasteiger partial charge on any atom is 0.224 e. The van der Waals surface area contributed by atoms with Crippen LogP contribution in [-0.2, 0) is 17.6 Å². The van der Waals surface area contributed by atoms with Crippen molar-refractivity contribution in [2.24, 2.45) is 0 Å². The van der Waals surface area contributed by atoms with Crippen molar-refractivity contribution in [3.05, 3.63) is 63.8 Å². The molecule has 3 rings (SSSR count). The van der Waals surface area contributed by atoms with Crippen LogP contribution in [0.5, 0.6) is 5.75 Å². The Bertz CT molecular complexity index is 945. The molecule has 3 aromatic rings. The highest BCUT2D eigenvalue weighted by Gasteiger charge is 2.11. The van der Waals surface area contributed by atoms with E-state index in [0.717, 1.165) is 27.6 Å². The monoisotopic (exact) mass is 367 g/mol. The number of ether oxygens (including phenoxy) is 1. The van der Waals surface area contributed by atoms with Gasteiger partial charge >= 0.3 is 0 Å². The molecule has 5 heteroatoms. The highest BCUT2D eigenvalue weighted by molar-refractivity contribution is 7.12. The van der Waals surface area contributed by atoms with Gasteiger partial charge in [-0.15, -0.1) is 11.3 Å². The number of Topliss-reactive ketones (excluding diaryl/α,β-unsaturated/α-hetero) is 1. The van der Waals surface area contributed by atoms with E-state index in [4.69, 9.17) is 4.74 Å². The van der Waals surface area contributed by atoms with Crippen LogP contribution in [0.25, 0.3) is 10.8 Å². The van der Waals surface area contributed by atoms with Crippen LogP contribution in [0.4, 0.5) is 0 Å². The van der Waals surface area contributed by atoms with Crippen molar-refractivity contribution < 1.29 is 14.3 Å². The number of fused-ring (bicyclic) bond motifs is 1. The fourth-order valence-electron chi connectivity index (χ4n) is 2.99. The number of benzene rings is 2. The zero-order valence-electron chi connectivity index (χ0n) is 14.9. The van der Waals surface area contributed by atoms with Crippen LogP contribution in [0.2, 0.25) is 0 Å². The summed E-state index contributed by atoms with van der Waals surface area (Å²) in [5.41, 5.74) is 1.97. The van der Waals surface area contributed by atoms with Gasteiger partial charge in [-0.1, -0.05) is 30.3 Å². The van der Waals surface area contributed by atoms with Gasteiger partial charge in [0.05, 0.1) is 18.4 Å². The first-order valence-electron chi connectivity index (χ1n) is 8.48. The van der Waals surface area contributed by atoms with E-state index in [2.05, 4.69) is 17.4 Å². The van der Waals surface area contributed by atoms with Gasteiger partial charge in [-0.05, 0) is 47.2 Å². The lowest BCUT2D eigenvalue weighted by molar-refractivity contribution is -0.120. The largest absolute Gasteiger partial charge is 0.496 e. The van der Waals surface area contributed by atoms with E-state index in [1.54, 1.807) is 13.2 Å². The fourth-order valence-corrected chi connectivity index (χ4v) is 3.81. The molecule has 1 heterocycles. The molecule has 0 aliphatic rings. The van der Waals surface area contributed by atoms with Crippen LogP contribution in [0.3, 0.4) is 0 Å². The summed E-state index contributed by atoms with van der Waals surface area (Å²) in [6.45, 7) is 2.07. The molecule has 0 spiro atoms. The minimum absolute atomic E-state index is 0.0321. The number of carbonyl (C=O) groups is 2. The lowest BCUT2D eigenvalue weighted by Crippen LogP contribution is -2.27. The number of hydrogen-bond acceptors (Lipinski definition) is 4. The normalized spacial score (nSPS) is 10.7. The maximum atomic E-state index is 12.2. The van der Waals surface area contributed by atoms with Gasteiger partial charge in [-0.2, -0.15) is 0 Å². The van der Waals surface area contributed by atoms with E-state index >= 15 is 0 Å². The SMILES string of the molecule is COc1ccc2ccccc2c1CCNC(=O)Cc1csc(C(C)=O)c1. The number of amides is 1. The first-order valence-corrected chi connectivity index (χ1v) is 9.36. The summed E-state index contributed by atoms with van der Waals surface area (Å²) < 4.78 is 5.49. The molecule has 0 aliphatic carbocycles. The van der Waals surface area contributed by atoms with E-state index in [0.29, 0.717) is 17.8 Å². The zero-order chi connectivity index (χ0) is 18.5. The number of ketones is 1. The van der Waals surface area contributed by atoms with Crippen LogP contribution in [0.15, 0.2) is 47.8 Å². The molecule has 1 N–H and O–H groups in total. The lowest BCUT2D eigenvalue weighted by Gasteiger charge is -2.12. The van der Waals surface area contributed by atoms with Crippen LogP contribution in [-0.4, -0.2) is 25.3 Å². The van der Waals surface area contributed by atoms with Gasteiger partial charge in [0, 0.05) is 12.1 Å². The molecule has 1 aromatic heterocycles. The summed E-state index contributed by atoms with van der Waals surface area (Å²) >= 11 is 1.38. The molecule has 0 atom stereocenters. The third-order valence-corrected chi connectivity index (χ3v) is 5.36. The molecule has 4 nitrogen and oxygen atoms in total. The quantitative estimate of drug-likeness (QED) is 0.642. The number of rotatable bonds is 7. The fraction of sp³-hybridized carbons (Fsp3) is 0.238. The summed E-state index contributed by atoms with van der Waals surface area (Å²) in [6.07, 6.45) is 0.981. The Morgan fingerprint density at radius 3 is 2.69 bits per heavy atom. The van der Waals surface area contributed by atoms with E-state index in [1.165, 1.54) is 18.3 Å². The third kappa shape index (κ3) is 4.11. The molecule has 1 amide bonds. The summed E-state index contributed by atoms with van der Waals surface area (Å²) in [7, 11) is 1.66. The van der Waals surface area contributed by atoms with Crippen molar-refractivity contribution in [3.63, 3.8) is 0 Å². The van der Waals surface area contributed by atoms with Gasteiger partial charge in [0.25, 0.3) is 0 Å². The minimum atomic E-state index is -0.0443. The van der Waals surface area contributed by atoms with Crippen molar-refractivity contribution in [2.45, 2.75) is 19.8 Å². The number of nitrogens with one attached hydrogen (secondary N) is 1. The van der Waals surface area contributed by atoms with Crippen molar-refractivity contribution in [3.8, 4) is 5.75 Å². The molecule has 0 aliphatic heterocycles. The predicted octanol–water partition coefficient (Wildman–Crippen LogP) is 4.01. The number of thiophene rings is 1. The van der Waals surface area contributed by atoms with E-state index in [-0.39, 0.29) is 18.1 Å². The zero-order valence-corrected chi connectivity index (χ0v) is 15.7. The highest BCUT2D eigenvalue weighted by Crippen LogP contribution is 2.28. The summed E-state index contributed by atoms with van der Waals surface area (Å²) in [5, 5.41) is 7.13. The van der Waals surface area contributed by atoms with Crippen molar-refractivity contribution in [2.75, 3.05) is 13.7 Å². The van der Waals surface area contributed by atoms with Gasteiger partial charge < -0.3 is 10.1 Å². The Morgan fingerprint density at radius 2 is 1.96 bits per heavy atom. The van der Waals surface area contributed by atoms with E-state index in [1.807, 2.05) is 29.6 Å². The van der Waals surface area contributed by atoms with Crippen LogP contribution >= 0.6 is 11.3 Å². The topological polar surface area (TPSA) is 55.4 Å². The van der Waals surface area contributed by atoms with Gasteiger partial charge in [0.15, 0.2) is 5.78 Å². The predicted molar refractivity (Wildman–Crippen MR) is 105 cm³/mol. The Balaban J connectivity index is 1.63. The Labute approximate surface area is 156 Å². The van der Waals surface area contributed by atoms with Crippen LogP contribution < -0.4 is 10.1 Å². The second-order valence-corrected chi connectivity index (χ2v) is 7.03. The standard InChI is InChI=1S/C21H21NO3S/c1-14(23)20-11-15(13-26-20)12-21(24)22-10-9-18-17-6-4-3-5-16(17)7-8-19(18)25-2/h3-8,11,13H,9-10,12H2,1-2H3,(H,22,24). The smallest absolute Gasteiger partial charge is 0.224 e. The molecule has 0 saturated heterocycles. The number of hydrogen-bond donors (Lipinski definition) is 1. The van der Waals surface area contributed by atoms with Gasteiger partial charge in [0.2, 0.25) is 5.91 Å². The average Bonchev–Trinajstić information content (AvgIpc) is 3.10. The van der Waals surface area contributed by atoms with E-state index < -0.39 is 0 Å². The Hall–Kier alpha value is -2.66. The molecule has 26 heavy (non-hydrogen) atoms. The lowest BCUT2D eigenvalue weighted by atomic mass is 10.0. The highest BCUT2D eigenvalue weighted by atomic mass is 32.1. The minimum Gasteiger partial charge on any atom is -0.496 e. The van der Waals surface area contributed by atoms with Crippen LogP contribution in [0.1, 0.15) is 27.7 Å². The summed E-state index contributed by atoms with van der Waals surface area (Å²) in [5.74, 6) is 0.823. The number of carbonyl (C=O) groups excluding carboxylic acids is 2. The molecular formula is C21H21NO3S. The second kappa shape index (κ2) is 8.15. The van der Waals surface area contributed by atoms with Crippen molar-refractivity contribution in [1.29, 1.82) is 0 Å². The molecular weight excluding hydrogens is 346 g/mol. The summed E-state index contributed by atoms with van der Waals surface area (Å²) in [6, 6.07) is 14.0. The van der Waals surface area contributed by atoms with E-state index in [9.17, 15) is 9.59 Å². The van der Waals surface area contributed by atoms with Gasteiger partial charge in [-0.25, -0.2) is 0 Å². The van der Waals surface area contributed by atoms with Crippen molar-refractivity contribution in [1.82, 2.24) is 5.32 Å². The number of methoxy groups -OCH3 is 1. The molecule has 0 fully saturated rings. The Morgan fingerprint density at radius 1 is 1.15 bits per heavy atom. The third-order valence-electron chi connectivity index (χ3n) is 4.28. The van der Waals surface area contributed by atoms with Crippen LogP contribution in [0, 0.1) is 0 Å². The first kappa shape index (κ1) is 18.1. The molecule has 0 unspecified atom stereocenters. The average molecular weight is 367 g/mol. The second-order valence-electron chi connectivity index (χ2n) is 6.12.